The van der Waals surface area contributed by atoms with Crippen molar-refractivity contribution >= 4 is 38.4 Å². The molecular formula is C28H27FN2O4S. The van der Waals surface area contributed by atoms with E-state index in [1.807, 2.05) is 31.2 Å². The van der Waals surface area contributed by atoms with Crippen LogP contribution in [0.3, 0.4) is 0 Å². The quantitative estimate of drug-likeness (QED) is 0.426. The van der Waals surface area contributed by atoms with Crippen LogP contribution in [0.15, 0.2) is 53.8 Å². The van der Waals surface area contributed by atoms with Gasteiger partial charge in [0.15, 0.2) is 16.7 Å². The Bertz CT molecular complexity index is 1400. The summed E-state index contributed by atoms with van der Waals surface area (Å²) in [5.41, 5.74) is 1.75. The molecule has 1 aliphatic carbocycles. The summed E-state index contributed by atoms with van der Waals surface area (Å²) in [5.74, 6) is 0.225. The fourth-order valence-corrected chi connectivity index (χ4v) is 6.59. The number of thiazole rings is 1. The van der Waals surface area contributed by atoms with Crippen molar-refractivity contribution < 1.29 is 23.5 Å². The van der Waals surface area contributed by atoms with Gasteiger partial charge in [-0.3, -0.25) is 14.5 Å². The molecule has 2 aromatic carbocycles. The molecule has 6 rings (SSSR count). The molecule has 1 aromatic heterocycles. The number of amides is 1. The summed E-state index contributed by atoms with van der Waals surface area (Å²) in [6, 6.07) is 11.2. The Labute approximate surface area is 212 Å². The number of Topliss-reactive ketones (excluding diaryl/α,β-unsaturated/α-hetero) is 1. The number of hydrogen-bond donors (Lipinski definition) is 0. The Kier molecular flexibility index (Phi) is 5.79. The van der Waals surface area contributed by atoms with Crippen molar-refractivity contribution in [2.75, 3.05) is 11.5 Å². The summed E-state index contributed by atoms with van der Waals surface area (Å²) in [4.78, 5) is 34.0. The SMILES string of the molecule is CCCOc1cccc(C2C3=C(OC4CCC(C)CC4C3=O)C(=O)N2c2nc3ccc(F)cc3s2)c1. The fourth-order valence-electron chi connectivity index (χ4n) is 5.57. The number of nitrogens with zero attached hydrogens (tertiary/aromatic N) is 2. The van der Waals surface area contributed by atoms with Gasteiger partial charge < -0.3 is 9.47 Å². The zero-order valence-electron chi connectivity index (χ0n) is 20.2. The normalized spacial score (nSPS) is 25.7. The highest BCUT2D eigenvalue weighted by atomic mass is 32.1. The molecule has 0 N–H and O–H groups in total. The summed E-state index contributed by atoms with van der Waals surface area (Å²) < 4.78 is 26.7. The molecule has 36 heavy (non-hydrogen) atoms. The van der Waals surface area contributed by atoms with E-state index >= 15 is 0 Å². The molecule has 1 amide bonds. The predicted molar refractivity (Wildman–Crippen MR) is 135 cm³/mol. The second kappa shape index (κ2) is 9.00. The third kappa shape index (κ3) is 3.79. The fraction of sp³-hybridized carbons (Fsp3) is 0.393. The lowest BCUT2D eigenvalue weighted by atomic mass is 9.74. The topological polar surface area (TPSA) is 68.7 Å². The maximum absolute atomic E-state index is 14.0. The lowest BCUT2D eigenvalue weighted by molar-refractivity contribution is -0.132. The average Bonchev–Trinajstić information content (AvgIpc) is 3.41. The number of anilines is 1. The molecule has 0 spiro atoms. The van der Waals surface area contributed by atoms with Gasteiger partial charge >= 0.3 is 0 Å². The van der Waals surface area contributed by atoms with Crippen LogP contribution in [0.2, 0.25) is 0 Å². The molecule has 3 heterocycles. The average molecular weight is 507 g/mol. The Morgan fingerprint density at radius 3 is 2.89 bits per heavy atom. The van der Waals surface area contributed by atoms with Crippen molar-refractivity contribution in [1.29, 1.82) is 0 Å². The van der Waals surface area contributed by atoms with Crippen molar-refractivity contribution in [3.8, 4) is 5.75 Å². The zero-order valence-corrected chi connectivity index (χ0v) is 21.0. The minimum Gasteiger partial charge on any atom is -0.494 e. The molecule has 1 saturated carbocycles. The number of hydrogen-bond acceptors (Lipinski definition) is 6. The van der Waals surface area contributed by atoms with Crippen molar-refractivity contribution in [3.63, 3.8) is 0 Å². The Balaban J connectivity index is 1.48. The van der Waals surface area contributed by atoms with E-state index in [1.165, 1.54) is 23.5 Å². The molecule has 0 saturated heterocycles. The van der Waals surface area contributed by atoms with Gasteiger partial charge in [-0.1, -0.05) is 37.3 Å². The second-order valence-corrected chi connectivity index (χ2v) is 10.9. The number of ether oxygens (including phenoxy) is 2. The highest BCUT2D eigenvalue weighted by molar-refractivity contribution is 7.22. The molecule has 1 fully saturated rings. The van der Waals surface area contributed by atoms with E-state index in [0.717, 1.165) is 31.2 Å². The third-order valence-corrected chi connectivity index (χ3v) is 8.32. The standard InChI is InChI=1S/C28H27FN2O4S/c1-3-11-34-18-6-4-5-16(13-18)24-23-25(32)19-12-15(2)7-10-21(19)35-26(23)27(33)31(24)28-30-20-9-8-17(29)14-22(20)36-28/h4-6,8-9,13-15,19,21,24H,3,7,10-12H2,1-2H3. The largest absolute Gasteiger partial charge is 0.494 e. The van der Waals surface area contributed by atoms with Gasteiger partial charge in [0.25, 0.3) is 5.91 Å². The van der Waals surface area contributed by atoms with Gasteiger partial charge in [-0.25, -0.2) is 9.37 Å². The number of ketones is 1. The summed E-state index contributed by atoms with van der Waals surface area (Å²) in [6.07, 6.45) is 3.07. The predicted octanol–water partition coefficient (Wildman–Crippen LogP) is 5.97. The lowest BCUT2D eigenvalue weighted by Crippen LogP contribution is -2.41. The Morgan fingerprint density at radius 2 is 2.06 bits per heavy atom. The smallest absolute Gasteiger partial charge is 0.296 e. The molecule has 0 radical (unpaired) electrons. The summed E-state index contributed by atoms with van der Waals surface area (Å²) >= 11 is 1.23. The molecule has 3 aromatic rings. The first-order valence-corrected chi connectivity index (χ1v) is 13.3. The van der Waals surface area contributed by atoms with E-state index in [4.69, 9.17) is 9.47 Å². The maximum Gasteiger partial charge on any atom is 0.296 e. The maximum atomic E-state index is 14.0. The number of halogens is 1. The molecule has 8 heteroatoms. The van der Waals surface area contributed by atoms with Gasteiger partial charge in [-0.05, 0) is 67.5 Å². The van der Waals surface area contributed by atoms with Crippen LogP contribution in [0.25, 0.3) is 10.2 Å². The number of fused-ring (bicyclic) bond motifs is 2. The van der Waals surface area contributed by atoms with Crippen LogP contribution in [0.4, 0.5) is 9.52 Å². The summed E-state index contributed by atoms with van der Waals surface area (Å²) in [5, 5.41) is 0.410. The summed E-state index contributed by atoms with van der Waals surface area (Å²) in [7, 11) is 0. The van der Waals surface area contributed by atoms with E-state index in [9.17, 15) is 14.0 Å². The van der Waals surface area contributed by atoms with E-state index in [2.05, 4.69) is 11.9 Å². The molecule has 2 aliphatic heterocycles. The molecule has 4 atom stereocenters. The number of rotatable bonds is 5. The molecule has 3 aliphatic rings. The van der Waals surface area contributed by atoms with Crippen molar-refractivity contribution in [2.24, 2.45) is 11.8 Å². The minimum absolute atomic E-state index is 0.0133. The van der Waals surface area contributed by atoms with Crippen molar-refractivity contribution in [2.45, 2.75) is 51.7 Å². The van der Waals surface area contributed by atoms with Gasteiger partial charge in [-0.2, -0.15) is 0 Å². The monoisotopic (exact) mass is 506 g/mol. The third-order valence-electron chi connectivity index (χ3n) is 7.30. The van der Waals surface area contributed by atoms with Crippen molar-refractivity contribution in [1.82, 2.24) is 4.98 Å². The van der Waals surface area contributed by atoms with E-state index in [0.29, 0.717) is 39.2 Å². The highest BCUT2D eigenvalue weighted by Gasteiger charge is 2.53. The van der Waals surface area contributed by atoms with E-state index in [-0.39, 0.29) is 35.3 Å². The minimum atomic E-state index is -0.686. The first-order chi connectivity index (χ1) is 17.4. The van der Waals surface area contributed by atoms with Crippen LogP contribution in [0, 0.1) is 17.7 Å². The Morgan fingerprint density at radius 1 is 1.19 bits per heavy atom. The first kappa shape index (κ1) is 23.2. The van der Waals surface area contributed by atoms with E-state index in [1.54, 1.807) is 11.0 Å². The van der Waals surface area contributed by atoms with Gasteiger partial charge in [0.1, 0.15) is 17.7 Å². The second-order valence-electron chi connectivity index (χ2n) is 9.90. The summed E-state index contributed by atoms with van der Waals surface area (Å²) in [6.45, 7) is 4.76. The van der Waals surface area contributed by atoms with Crippen molar-refractivity contribution in [3.05, 3.63) is 65.2 Å². The van der Waals surface area contributed by atoms with Gasteiger partial charge in [0.2, 0.25) is 0 Å². The number of carbonyl (C=O) groups excluding carboxylic acids is 2. The number of benzene rings is 2. The van der Waals surface area contributed by atoms with Crippen LogP contribution in [0.1, 0.15) is 51.1 Å². The highest BCUT2D eigenvalue weighted by Crippen LogP contribution is 2.50. The molecular weight excluding hydrogens is 479 g/mol. The lowest BCUT2D eigenvalue weighted by Gasteiger charge is -2.37. The first-order valence-electron chi connectivity index (χ1n) is 12.5. The van der Waals surface area contributed by atoms with Crippen LogP contribution in [0.5, 0.6) is 5.75 Å². The van der Waals surface area contributed by atoms with Crippen LogP contribution in [-0.2, 0) is 14.3 Å². The van der Waals surface area contributed by atoms with Crippen LogP contribution < -0.4 is 9.64 Å². The molecule has 4 unspecified atom stereocenters. The van der Waals surface area contributed by atoms with Gasteiger partial charge in [0, 0.05) is 0 Å². The zero-order chi connectivity index (χ0) is 25.0. The van der Waals surface area contributed by atoms with Gasteiger partial charge in [0.05, 0.1) is 34.4 Å². The van der Waals surface area contributed by atoms with Crippen LogP contribution >= 0.6 is 11.3 Å². The molecule has 6 nitrogen and oxygen atoms in total. The number of carbonyl (C=O) groups is 2. The van der Waals surface area contributed by atoms with Crippen LogP contribution in [-0.4, -0.2) is 29.4 Å². The Hall–Kier alpha value is -3.26. The molecule has 186 valence electrons. The molecule has 0 bridgehead atoms. The van der Waals surface area contributed by atoms with Gasteiger partial charge in [-0.15, -0.1) is 0 Å². The number of aromatic nitrogens is 1. The van der Waals surface area contributed by atoms with E-state index < -0.39 is 6.04 Å².